The third-order valence-electron chi connectivity index (χ3n) is 5.34. The Kier molecular flexibility index (Phi) is 7.59. The van der Waals surface area contributed by atoms with Crippen LogP contribution in [0.2, 0.25) is 0 Å². The van der Waals surface area contributed by atoms with Crippen LogP contribution < -0.4 is 10.9 Å². The van der Waals surface area contributed by atoms with Crippen molar-refractivity contribution in [2.45, 2.75) is 18.9 Å². The molecule has 1 amide bonds. The van der Waals surface area contributed by atoms with Crippen LogP contribution in [0, 0.1) is 0 Å². The summed E-state index contributed by atoms with van der Waals surface area (Å²) in [6.07, 6.45) is 2.38. The fraction of sp³-hybridized carbons (Fsp3) is 0.208. The number of hydrogen-bond acceptors (Lipinski definition) is 8. The molecule has 1 saturated heterocycles. The van der Waals surface area contributed by atoms with Gasteiger partial charge in [0.2, 0.25) is 0 Å². The Morgan fingerprint density at radius 1 is 1.17 bits per heavy atom. The molecule has 180 valence electrons. The lowest BCUT2D eigenvalue weighted by Crippen LogP contribution is -2.29. The van der Waals surface area contributed by atoms with Gasteiger partial charge in [-0.1, -0.05) is 60.4 Å². The number of carbonyl (C=O) groups excluding carboxylic acids is 1. The number of pyridine rings is 1. The lowest BCUT2D eigenvalue weighted by atomic mass is 10.1. The lowest BCUT2D eigenvalue weighted by Gasteiger charge is -2.15. The molecule has 1 fully saturated rings. The van der Waals surface area contributed by atoms with Crippen LogP contribution in [-0.2, 0) is 9.59 Å². The van der Waals surface area contributed by atoms with Crippen molar-refractivity contribution in [3.63, 3.8) is 0 Å². The van der Waals surface area contributed by atoms with Gasteiger partial charge < -0.3 is 15.5 Å². The van der Waals surface area contributed by atoms with Crippen molar-refractivity contribution < 1.29 is 19.8 Å². The third-order valence-corrected chi connectivity index (χ3v) is 6.72. The molecule has 1 atom stereocenters. The number of anilines is 1. The molecule has 0 radical (unpaired) electrons. The maximum atomic E-state index is 13.3. The van der Waals surface area contributed by atoms with E-state index >= 15 is 0 Å². The Hall–Kier alpha value is -3.54. The zero-order valence-corrected chi connectivity index (χ0v) is 20.1. The van der Waals surface area contributed by atoms with Crippen LogP contribution in [0.15, 0.2) is 64.4 Å². The summed E-state index contributed by atoms with van der Waals surface area (Å²) in [4.78, 5) is 43.2. The Balaban J connectivity index is 1.65. The molecule has 35 heavy (non-hydrogen) atoms. The van der Waals surface area contributed by atoms with E-state index in [9.17, 15) is 19.5 Å². The van der Waals surface area contributed by atoms with Crippen LogP contribution in [0.4, 0.5) is 5.82 Å². The molecule has 0 aliphatic carbocycles. The predicted octanol–water partition coefficient (Wildman–Crippen LogP) is 2.91. The summed E-state index contributed by atoms with van der Waals surface area (Å²) >= 11 is 6.35. The number of nitrogens with one attached hydrogen (secondary N) is 1. The quantitative estimate of drug-likeness (QED) is 0.294. The minimum absolute atomic E-state index is 0.0795. The van der Waals surface area contributed by atoms with E-state index in [4.69, 9.17) is 17.3 Å². The summed E-state index contributed by atoms with van der Waals surface area (Å²) in [5.41, 5.74) is 0.886. The molecule has 1 aliphatic heterocycles. The molecule has 0 saturated carbocycles. The Labute approximate surface area is 210 Å². The molecule has 0 unspecified atom stereocenters. The second kappa shape index (κ2) is 10.8. The summed E-state index contributed by atoms with van der Waals surface area (Å²) in [5, 5.41) is 22.5. The standard InChI is InChI=1S/C24H22N4O5S2/c29-17(15-7-2-1-3-8-15)14-25-21-16(22(32)27-11-5-4-9-19(27)26-21)13-18-23(33)28(24(34)35-18)12-6-10-20(30)31/h1-5,7-9,11,13,17,25,29H,6,10,12,14H2,(H,30,31)/b18-13-/t17-/m0/s1. The number of aliphatic carboxylic acids is 1. The van der Waals surface area contributed by atoms with Crippen LogP contribution >= 0.6 is 24.0 Å². The second-order valence-electron chi connectivity index (χ2n) is 7.75. The number of nitrogens with zero attached hydrogens (tertiary/aromatic N) is 3. The smallest absolute Gasteiger partial charge is 0.303 e. The Morgan fingerprint density at radius 3 is 2.66 bits per heavy atom. The van der Waals surface area contributed by atoms with Gasteiger partial charge in [0.1, 0.15) is 15.8 Å². The highest BCUT2D eigenvalue weighted by Crippen LogP contribution is 2.33. The second-order valence-corrected chi connectivity index (χ2v) is 9.42. The van der Waals surface area contributed by atoms with Crippen LogP contribution in [0.1, 0.15) is 30.1 Å². The minimum atomic E-state index is -0.949. The van der Waals surface area contributed by atoms with E-state index < -0.39 is 18.0 Å². The first-order valence-electron chi connectivity index (χ1n) is 10.8. The first-order valence-corrected chi connectivity index (χ1v) is 12.0. The first-order chi connectivity index (χ1) is 16.8. The topological polar surface area (TPSA) is 124 Å². The molecule has 4 rings (SSSR count). The van der Waals surface area contributed by atoms with Gasteiger partial charge in [-0.15, -0.1) is 0 Å². The average Bonchev–Trinajstić information content (AvgIpc) is 3.12. The maximum absolute atomic E-state index is 13.3. The molecule has 0 bridgehead atoms. The molecular weight excluding hydrogens is 488 g/mol. The number of hydrogen-bond donors (Lipinski definition) is 3. The molecule has 3 aromatic rings. The van der Waals surface area contributed by atoms with Crippen molar-refractivity contribution in [1.29, 1.82) is 0 Å². The number of carbonyl (C=O) groups is 2. The van der Waals surface area contributed by atoms with Crippen LogP contribution in [0.5, 0.6) is 0 Å². The Morgan fingerprint density at radius 2 is 1.91 bits per heavy atom. The molecule has 1 aromatic carbocycles. The number of thiocarbonyl (C=S) groups is 1. The van der Waals surface area contributed by atoms with E-state index in [0.717, 1.165) is 11.8 Å². The highest BCUT2D eigenvalue weighted by Gasteiger charge is 2.32. The minimum Gasteiger partial charge on any atom is -0.481 e. The number of aliphatic hydroxyl groups excluding tert-OH is 1. The van der Waals surface area contributed by atoms with E-state index in [0.29, 0.717) is 15.5 Å². The summed E-state index contributed by atoms with van der Waals surface area (Å²) in [5.74, 6) is -1.11. The van der Waals surface area contributed by atoms with E-state index in [2.05, 4.69) is 10.3 Å². The molecule has 3 N–H and O–H groups in total. The Bertz CT molecular complexity index is 1370. The number of carboxylic acid groups (broad SMARTS) is 1. The normalized spacial score (nSPS) is 15.7. The molecule has 11 heteroatoms. The van der Waals surface area contributed by atoms with E-state index in [1.807, 2.05) is 18.2 Å². The van der Waals surface area contributed by atoms with Gasteiger partial charge in [-0.05, 0) is 30.2 Å². The van der Waals surface area contributed by atoms with Crippen LogP contribution in [-0.4, -0.2) is 53.8 Å². The number of aromatic nitrogens is 2. The largest absolute Gasteiger partial charge is 0.481 e. The number of rotatable bonds is 9. The van der Waals surface area contributed by atoms with Crippen molar-refractivity contribution in [3.05, 3.63) is 81.1 Å². The maximum Gasteiger partial charge on any atom is 0.303 e. The van der Waals surface area contributed by atoms with Gasteiger partial charge >= 0.3 is 5.97 Å². The zero-order chi connectivity index (χ0) is 24.9. The van der Waals surface area contributed by atoms with Crippen molar-refractivity contribution in [1.82, 2.24) is 14.3 Å². The number of thioether (sulfide) groups is 1. The van der Waals surface area contributed by atoms with Crippen molar-refractivity contribution in [2.24, 2.45) is 0 Å². The highest BCUT2D eigenvalue weighted by molar-refractivity contribution is 8.26. The van der Waals surface area contributed by atoms with Crippen molar-refractivity contribution in [2.75, 3.05) is 18.4 Å². The van der Waals surface area contributed by atoms with Gasteiger partial charge in [0, 0.05) is 25.7 Å². The van der Waals surface area contributed by atoms with E-state index in [1.54, 1.807) is 36.5 Å². The summed E-state index contributed by atoms with van der Waals surface area (Å²) < 4.78 is 1.67. The highest BCUT2D eigenvalue weighted by atomic mass is 32.2. The SMILES string of the molecule is O=C(O)CCCN1C(=O)/C(=C/c2c(NC[C@H](O)c3ccccc3)nc3ccccn3c2=O)SC1=S. The van der Waals surface area contributed by atoms with Crippen molar-refractivity contribution in [3.8, 4) is 0 Å². The third kappa shape index (κ3) is 5.59. The number of aliphatic hydroxyl groups is 1. The van der Waals surface area contributed by atoms with Gasteiger partial charge in [-0.3, -0.25) is 23.7 Å². The molecule has 1 aliphatic rings. The fourth-order valence-corrected chi connectivity index (χ4v) is 4.86. The summed E-state index contributed by atoms with van der Waals surface area (Å²) in [6, 6.07) is 14.2. The van der Waals surface area contributed by atoms with E-state index in [-0.39, 0.29) is 47.8 Å². The van der Waals surface area contributed by atoms with Crippen LogP contribution in [0.3, 0.4) is 0 Å². The van der Waals surface area contributed by atoms with Gasteiger partial charge in [0.25, 0.3) is 11.5 Å². The zero-order valence-electron chi connectivity index (χ0n) is 18.5. The summed E-state index contributed by atoms with van der Waals surface area (Å²) in [7, 11) is 0. The fourth-order valence-electron chi connectivity index (χ4n) is 3.57. The van der Waals surface area contributed by atoms with Gasteiger partial charge in [0.05, 0.1) is 16.6 Å². The average molecular weight is 511 g/mol. The lowest BCUT2D eigenvalue weighted by molar-refractivity contribution is -0.137. The molecule has 2 aromatic heterocycles. The van der Waals surface area contributed by atoms with Crippen molar-refractivity contribution >= 4 is 57.7 Å². The number of carboxylic acids is 1. The first kappa shape index (κ1) is 24.6. The van der Waals surface area contributed by atoms with Crippen LogP contribution in [0.25, 0.3) is 11.7 Å². The van der Waals surface area contributed by atoms with E-state index in [1.165, 1.54) is 15.4 Å². The molecule has 9 nitrogen and oxygen atoms in total. The number of fused-ring (bicyclic) bond motifs is 1. The monoisotopic (exact) mass is 510 g/mol. The van der Waals surface area contributed by atoms with Gasteiger partial charge in [0.15, 0.2) is 0 Å². The van der Waals surface area contributed by atoms with Gasteiger partial charge in [-0.2, -0.15) is 0 Å². The number of benzene rings is 1. The molecule has 3 heterocycles. The summed E-state index contributed by atoms with van der Waals surface area (Å²) in [6.45, 7) is 0.272. The molecule has 0 spiro atoms. The number of amides is 1. The van der Waals surface area contributed by atoms with Gasteiger partial charge in [-0.25, -0.2) is 4.98 Å². The predicted molar refractivity (Wildman–Crippen MR) is 138 cm³/mol. The molecular formula is C24H22N4O5S2.